The number of para-hydroxylation sites is 1. The zero-order valence-corrected chi connectivity index (χ0v) is 14.8. The van der Waals surface area contributed by atoms with Crippen molar-refractivity contribution in [2.45, 2.75) is 6.43 Å². The van der Waals surface area contributed by atoms with E-state index in [1.807, 2.05) is 0 Å². The Labute approximate surface area is 162 Å². The third kappa shape index (κ3) is 3.21. The first-order chi connectivity index (χ1) is 13.6. The zero-order chi connectivity index (χ0) is 19.7. The fraction of sp³-hybridized carbons (Fsp3) is 0.0556. The summed E-state index contributed by atoms with van der Waals surface area (Å²) in [6.45, 7) is 0. The largest absolute Gasteiger partial charge is 0.325 e. The standard InChI is InChI=1S/C18H10ClF2N7/c19-12-3-1-2-10(6-22)17(12)28-14-5-16(23-7-11(14)8-26-28)27-15-4-13(18(20)21)24-9-25-15/h1-5,7-9,18H,(H,23,24,25,27). The fourth-order valence-corrected chi connectivity index (χ4v) is 2.93. The third-order valence-corrected chi connectivity index (χ3v) is 4.24. The second-order valence-electron chi connectivity index (χ2n) is 5.69. The third-order valence-electron chi connectivity index (χ3n) is 3.94. The lowest BCUT2D eigenvalue weighted by molar-refractivity contribution is 0.146. The van der Waals surface area contributed by atoms with Crippen LogP contribution in [0.5, 0.6) is 0 Å². The lowest BCUT2D eigenvalue weighted by atomic mass is 10.2. The van der Waals surface area contributed by atoms with Crippen molar-refractivity contribution in [1.82, 2.24) is 24.7 Å². The van der Waals surface area contributed by atoms with E-state index in [0.29, 0.717) is 33.0 Å². The number of nitrogens with one attached hydrogen (secondary N) is 1. The number of hydrogen-bond acceptors (Lipinski definition) is 6. The topological polar surface area (TPSA) is 92.3 Å². The van der Waals surface area contributed by atoms with Gasteiger partial charge in [0.15, 0.2) is 0 Å². The first-order valence-electron chi connectivity index (χ1n) is 7.96. The lowest BCUT2D eigenvalue weighted by Gasteiger charge is -2.09. The van der Waals surface area contributed by atoms with E-state index in [2.05, 4.69) is 31.4 Å². The second-order valence-corrected chi connectivity index (χ2v) is 6.09. The van der Waals surface area contributed by atoms with Crippen LogP contribution in [-0.4, -0.2) is 24.7 Å². The number of rotatable bonds is 4. The maximum atomic E-state index is 12.8. The molecular weight excluding hydrogens is 388 g/mol. The predicted molar refractivity (Wildman–Crippen MR) is 98.9 cm³/mol. The molecule has 0 bridgehead atoms. The number of fused-ring (bicyclic) bond motifs is 1. The number of benzene rings is 1. The maximum absolute atomic E-state index is 12.8. The van der Waals surface area contributed by atoms with Gasteiger partial charge in [-0.2, -0.15) is 10.4 Å². The molecule has 3 heterocycles. The Kier molecular flexibility index (Phi) is 4.55. The van der Waals surface area contributed by atoms with Gasteiger partial charge in [0.25, 0.3) is 6.43 Å². The SMILES string of the molecule is N#Cc1cccc(Cl)c1-n1ncc2cnc(Nc3cc(C(F)F)ncn3)cc21. The molecule has 28 heavy (non-hydrogen) atoms. The van der Waals surface area contributed by atoms with Gasteiger partial charge >= 0.3 is 0 Å². The summed E-state index contributed by atoms with van der Waals surface area (Å²) >= 11 is 6.29. The summed E-state index contributed by atoms with van der Waals surface area (Å²) in [6, 6.07) is 9.89. The minimum atomic E-state index is -2.70. The van der Waals surface area contributed by atoms with Gasteiger partial charge in [0, 0.05) is 23.7 Å². The van der Waals surface area contributed by atoms with Gasteiger partial charge in [-0.3, -0.25) is 0 Å². The van der Waals surface area contributed by atoms with Crippen LogP contribution in [0, 0.1) is 11.3 Å². The van der Waals surface area contributed by atoms with Crippen LogP contribution >= 0.6 is 11.6 Å². The Balaban J connectivity index is 1.78. The highest BCUT2D eigenvalue weighted by molar-refractivity contribution is 6.32. The smallest absolute Gasteiger partial charge is 0.280 e. The van der Waals surface area contributed by atoms with E-state index in [0.717, 1.165) is 12.4 Å². The number of nitrogens with zero attached hydrogens (tertiary/aromatic N) is 6. The van der Waals surface area contributed by atoms with Crippen LogP contribution in [0.2, 0.25) is 5.02 Å². The molecule has 0 atom stereocenters. The van der Waals surface area contributed by atoms with E-state index in [1.165, 1.54) is 4.68 Å². The van der Waals surface area contributed by atoms with Crippen molar-refractivity contribution in [2.75, 3.05) is 5.32 Å². The number of aromatic nitrogens is 5. The van der Waals surface area contributed by atoms with Gasteiger partial charge in [0.1, 0.15) is 35.4 Å². The Morgan fingerprint density at radius 3 is 2.71 bits per heavy atom. The van der Waals surface area contributed by atoms with Gasteiger partial charge in [-0.05, 0) is 12.1 Å². The van der Waals surface area contributed by atoms with Crippen LogP contribution in [0.25, 0.3) is 16.6 Å². The number of alkyl halides is 2. The summed E-state index contributed by atoms with van der Waals surface area (Å²) in [5, 5.41) is 17.6. The Bertz CT molecular complexity index is 1220. The van der Waals surface area contributed by atoms with Crippen molar-refractivity contribution in [3.63, 3.8) is 0 Å². The Morgan fingerprint density at radius 1 is 1.11 bits per heavy atom. The maximum Gasteiger partial charge on any atom is 0.280 e. The highest BCUT2D eigenvalue weighted by atomic mass is 35.5. The molecule has 4 aromatic rings. The summed E-state index contributed by atoms with van der Waals surface area (Å²) in [5.74, 6) is 0.539. The molecule has 3 aromatic heterocycles. The molecule has 1 N–H and O–H groups in total. The average molecular weight is 398 g/mol. The molecule has 0 saturated heterocycles. The van der Waals surface area contributed by atoms with Crippen LogP contribution in [0.15, 0.2) is 49.1 Å². The zero-order valence-electron chi connectivity index (χ0n) is 14.0. The van der Waals surface area contributed by atoms with Gasteiger partial charge in [-0.25, -0.2) is 28.4 Å². The first-order valence-corrected chi connectivity index (χ1v) is 8.34. The van der Waals surface area contributed by atoms with Crippen molar-refractivity contribution in [2.24, 2.45) is 0 Å². The molecule has 0 aliphatic heterocycles. The minimum Gasteiger partial charge on any atom is -0.325 e. The molecule has 4 rings (SSSR count). The number of nitriles is 1. The molecule has 7 nitrogen and oxygen atoms in total. The van der Waals surface area contributed by atoms with Crippen molar-refractivity contribution < 1.29 is 8.78 Å². The molecule has 0 saturated carbocycles. The van der Waals surface area contributed by atoms with Crippen molar-refractivity contribution in [3.05, 3.63) is 65.3 Å². The summed E-state index contributed by atoms with van der Waals surface area (Å²) < 4.78 is 27.2. The van der Waals surface area contributed by atoms with Gasteiger partial charge in [0.2, 0.25) is 0 Å². The summed E-state index contributed by atoms with van der Waals surface area (Å²) in [6.07, 6.45) is 1.51. The lowest BCUT2D eigenvalue weighted by Crippen LogP contribution is -2.02. The summed E-state index contributed by atoms with van der Waals surface area (Å²) in [7, 11) is 0. The molecule has 10 heteroatoms. The molecule has 138 valence electrons. The fourth-order valence-electron chi connectivity index (χ4n) is 2.68. The highest BCUT2D eigenvalue weighted by Crippen LogP contribution is 2.28. The Hall–Kier alpha value is -3.64. The molecule has 0 aliphatic carbocycles. The van der Waals surface area contributed by atoms with Crippen molar-refractivity contribution in [3.8, 4) is 11.8 Å². The molecule has 0 aliphatic rings. The van der Waals surface area contributed by atoms with Crippen LogP contribution in [0.3, 0.4) is 0 Å². The van der Waals surface area contributed by atoms with E-state index < -0.39 is 12.1 Å². The van der Waals surface area contributed by atoms with Crippen molar-refractivity contribution in [1.29, 1.82) is 5.26 Å². The van der Waals surface area contributed by atoms with Crippen molar-refractivity contribution >= 4 is 34.1 Å². The van der Waals surface area contributed by atoms with Gasteiger partial charge in [-0.15, -0.1) is 0 Å². The molecule has 1 aromatic carbocycles. The molecule has 0 radical (unpaired) electrons. The van der Waals surface area contributed by atoms with E-state index >= 15 is 0 Å². The second kappa shape index (κ2) is 7.17. The van der Waals surface area contributed by atoms with Crippen LogP contribution in [0.4, 0.5) is 20.4 Å². The monoisotopic (exact) mass is 397 g/mol. The van der Waals surface area contributed by atoms with Gasteiger partial charge in [-0.1, -0.05) is 17.7 Å². The molecule has 0 amide bonds. The van der Waals surface area contributed by atoms with Crippen LogP contribution in [-0.2, 0) is 0 Å². The van der Waals surface area contributed by atoms with E-state index in [1.54, 1.807) is 36.7 Å². The highest BCUT2D eigenvalue weighted by Gasteiger charge is 2.15. The van der Waals surface area contributed by atoms with Gasteiger partial charge in [0.05, 0.1) is 22.3 Å². The number of anilines is 2. The van der Waals surface area contributed by atoms with E-state index in [4.69, 9.17) is 11.6 Å². The van der Waals surface area contributed by atoms with E-state index in [-0.39, 0.29) is 5.82 Å². The predicted octanol–water partition coefficient (Wildman–Crippen LogP) is 4.42. The molecular formula is C18H10ClF2N7. The number of pyridine rings is 1. The van der Waals surface area contributed by atoms with E-state index in [9.17, 15) is 14.0 Å². The Morgan fingerprint density at radius 2 is 1.93 bits per heavy atom. The number of hydrogen-bond donors (Lipinski definition) is 1. The first kappa shape index (κ1) is 17.8. The summed E-state index contributed by atoms with van der Waals surface area (Å²) in [5.41, 5.74) is 1.05. The quantitative estimate of drug-likeness (QED) is 0.548. The molecule has 0 fully saturated rings. The van der Waals surface area contributed by atoms with Crippen LogP contribution in [0.1, 0.15) is 17.7 Å². The average Bonchev–Trinajstić information content (AvgIpc) is 3.10. The normalized spacial score (nSPS) is 11.0. The van der Waals surface area contributed by atoms with Crippen LogP contribution < -0.4 is 5.32 Å². The molecule has 0 spiro atoms. The molecule has 0 unspecified atom stereocenters. The minimum absolute atomic E-state index is 0.179. The number of halogens is 3. The van der Waals surface area contributed by atoms with Gasteiger partial charge < -0.3 is 5.32 Å². The summed E-state index contributed by atoms with van der Waals surface area (Å²) in [4.78, 5) is 11.7.